The molecule has 3 aliphatic heterocycles. The molecule has 7 rings (SSSR count). The highest BCUT2D eigenvalue weighted by atomic mass is 16.5. The van der Waals surface area contributed by atoms with Crippen LogP contribution in [0.2, 0.25) is 0 Å². The first-order chi connectivity index (χ1) is 16.7. The Hall–Kier alpha value is -4.15. The van der Waals surface area contributed by atoms with E-state index in [1.807, 2.05) is 66.0 Å². The van der Waals surface area contributed by atoms with Crippen LogP contribution in [0.4, 0.5) is 0 Å². The van der Waals surface area contributed by atoms with E-state index in [2.05, 4.69) is 20.5 Å². The summed E-state index contributed by atoms with van der Waals surface area (Å²) in [7, 11) is 0. The van der Waals surface area contributed by atoms with E-state index in [9.17, 15) is 10.1 Å². The minimum absolute atomic E-state index is 0.0384. The maximum atomic E-state index is 13.5. The maximum absolute atomic E-state index is 13.5. The number of nitrogens with zero attached hydrogens (tertiary/aromatic N) is 5. The molecule has 168 valence electrons. The lowest BCUT2D eigenvalue weighted by Crippen LogP contribution is -2.48. The molecule has 7 heteroatoms. The highest BCUT2D eigenvalue weighted by Gasteiger charge is 2.24. The molecule has 6 bridgehead atoms. The van der Waals surface area contributed by atoms with Gasteiger partial charge in [-0.2, -0.15) is 5.26 Å². The lowest BCUT2D eigenvalue weighted by molar-refractivity contribution is 0.0627. The molecule has 1 aromatic heterocycles. The van der Waals surface area contributed by atoms with E-state index in [1.54, 1.807) is 6.07 Å². The third-order valence-electron chi connectivity index (χ3n) is 6.67. The van der Waals surface area contributed by atoms with Gasteiger partial charge in [0, 0.05) is 51.0 Å². The molecule has 0 aliphatic carbocycles. The zero-order valence-electron chi connectivity index (χ0n) is 18.6. The smallest absolute Gasteiger partial charge is 0.254 e. The van der Waals surface area contributed by atoms with Crippen LogP contribution in [0.5, 0.6) is 11.5 Å². The molecule has 3 aromatic carbocycles. The number of rotatable bonds is 0. The van der Waals surface area contributed by atoms with E-state index < -0.39 is 0 Å². The molecule has 0 atom stereocenters. The summed E-state index contributed by atoms with van der Waals surface area (Å²) < 4.78 is 8.34. The van der Waals surface area contributed by atoms with E-state index in [4.69, 9.17) is 4.74 Å². The maximum Gasteiger partial charge on any atom is 0.254 e. The fourth-order valence-corrected chi connectivity index (χ4v) is 4.80. The van der Waals surface area contributed by atoms with E-state index in [-0.39, 0.29) is 5.91 Å². The Morgan fingerprint density at radius 3 is 2.71 bits per heavy atom. The molecule has 0 saturated carbocycles. The van der Waals surface area contributed by atoms with Crippen LogP contribution in [0.3, 0.4) is 0 Å². The summed E-state index contributed by atoms with van der Waals surface area (Å²) in [4.78, 5) is 22.1. The number of nitriles is 1. The zero-order valence-corrected chi connectivity index (χ0v) is 18.6. The van der Waals surface area contributed by atoms with Gasteiger partial charge in [-0.05, 0) is 46.7 Å². The van der Waals surface area contributed by atoms with E-state index >= 15 is 0 Å². The Morgan fingerprint density at radius 1 is 0.971 bits per heavy atom. The average Bonchev–Trinajstić information content (AvgIpc) is 3.29. The van der Waals surface area contributed by atoms with Crippen LogP contribution in [0.1, 0.15) is 27.2 Å². The monoisotopic (exact) mass is 449 g/mol. The second-order valence-electron chi connectivity index (χ2n) is 8.81. The van der Waals surface area contributed by atoms with Crippen molar-refractivity contribution in [2.45, 2.75) is 13.1 Å². The number of amides is 1. The third-order valence-corrected chi connectivity index (χ3v) is 6.67. The van der Waals surface area contributed by atoms with Crippen molar-refractivity contribution in [3.8, 4) is 17.6 Å². The topological polar surface area (TPSA) is 74.4 Å². The lowest BCUT2D eigenvalue weighted by atomic mass is 10.0. The Balaban J connectivity index is 1.49. The second-order valence-corrected chi connectivity index (χ2v) is 8.81. The third kappa shape index (κ3) is 3.68. The fraction of sp³-hybridized carbons (Fsp3) is 0.222. The van der Waals surface area contributed by atoms with Gasteiger partial charge in [0.15, 0.2) is 0 Å². The minimum Gasteiger partial charge on any atom is -0.456 e. The first-order valence-electron chi connectivity index (χ1n) is 11.4. The number of fused-ring (bicyclic) bond motifs is 2. The Morgan fingerprint density at radius 2 is 1.85 bits per heavy atom. The minimum atomic E-state index is 0.0384. The number of carbonyl (C=O) groups excluding carboxylic acids is 1. The van der Waals surface area contributed by atoms with Gasteiger partial charge in [-0.25, -0.2) is 4.98 Å². The van der Waals surface area contributed by atoms with Gasteiger partial charge in [-0.1, -0.05) is 24.3 Å². The average molecular weight is 450 g/mol. The predicted octanol–water partition coefficient (Wildman–Crippen LogP) is 4.02. The van der Waals surface area contributed by atoms with Crippen LogP contribution in [0.25, 0.3) is 10.8 Å². The van der Waals surface area contributed by atoms with Crippen LogP contribution >= 0.6 is 0 Å². The number of piperazine rings is 1. The summed E-state index contributed by atoms with van der Waals surface area (Å²) in [5, 5.41) is 11.5. The number of hydrogen-bond donors (Lipinski definition) is 0. The summed E-state index contributed by atoms with van der Waals surface area (Å²) in [6.07, 6.45) is 3.74. The fourth-order valence-electron chi connectivity index (χ4n) is 4.80. The molecule has 4 heterocycles. The first kappa shape index (κ1) is 20.5. The molecule has 7 nitrogen and oxygen atoms in total. The van der Waals surface area contributed by atoms with Gasteiger partial charge in [0.2, 0.25) is 0 Å². The molecule has 0 unspecified atom stereocenters. The van der Waals surface area contributed by atoms with Crippen molar-refractivity contribution in [1.29, 1.82) is 5.26 Å². The van der Waals surface area contributed by atoms with Gasteiger partial charge in [-0.15, -0.1) is 0 Å². The van der Waals surface area contributed by atoms with Crippen molar-refractivity contribution < 1.29 is 9.53 Å². The van der Waals surface area contributed by atoms with Gasteiger partial charge in [0.1, 0.15) is 17.6 Å². The second kappa shape index (κ2) is 8.32. The van der Waals surface area contributed by atoms with Crippen molar-refractivity contribution in [1.82, 2.24) is 19.4 Å². The number of imidazole rings is 1. The highest BCUT2D eigenvalue weighted by molar-refractivity contribution is 6.07. The van der Waals surface area contributed by atoms with Crippen molar-refractivity contribution >= 4 is 16.7 Å². The number of carbonyl (C=O) groups is 1. The van der Waals surface area contributed by atoms with Crippen LogP contribution in [-0.4, -0.2) is 51.4 Å². The largest absolute Gasteiger partial charge is 0.456 e. The molecule has 1 saturated heterocycles. The van der Waals surface area contributed by atoms with E-state index in [0.29, 0.717) is 42.3 Å². The van der Waals surface area contributed by atoms with Crippen LogP contribution < -0.4 is 4.74 Å². The molecule has 4 aromatic rings. The van der Waals surface area contributed by atoms with Gasteiger partial charge in [0.05, 0.1) is 17.6 Å². The summed E-state index contributed by atoms with van der Waals surface area (Å²) in [6, 6.07) is 19.4. The molecular weight excluding hydrogens is 426 g/mol. The van der Waals surface area contributed by atoms with E-state index in [1.165, 1.54) is 0 Å². The van der Waals surface area contributed by atoms with Crippen molar-refractivity contribution in [2.24, 2.45) is 0 Å². The summed E-state index contributed by atoms with van der Waals surface area (Å²) in [5.41, 5.74) is 3.28. The highest BCUT2D eigenvalue weighted by Crippen LogP contribution is 2.31. The number of benzene rings is 3. The van der Waals surface area contributed by atoms with Crippen LogP contribution in [0.15, 0.2) is 67.1 Å². The van der Waals surface area contributed by atoms with Crippen molar-refractivity contribution in [3.05, 3.63) is 89.5 Å². The van der Waals surface area contributed by atoms with Gasteiger partial charge < -0.3 is 14.2 Å². The van der Waals surface area contributed by atoms with Crippen LogP contribution in [0, 0.1) is 11.3 Å². The standard InChI is InChI=1S/C27H23N5O2/c28-14-21-5-4-19-12-26(21)34-23-7-6-20-2-1-3-24(25(20)13-23)27(33)31-10-8-30(9-11-31)17-22-15-29-18-32(22)16-19/h1-7,12-13,15,18H,8-11,16-17H2. The molecule has 0 spiro atoms. The molecule has 0 N–H and O–H groups in total. The Bertz CT molecular complexity index is 1440. The van der Waals surface area contributed by atoms with Gasteiger partial charge >= 0.3 is 0 Å². The summed E-state index contributed by atoms with van der Waals surface area (Å²) >= 11 is 0. The molecule has 34 heavy (non-hydrogen) atoms. The van der Waals surface area contributed by atoms with E-state index in [0.717, 1.165) is 41.7 Å². The van der Waals surface area contributed by atoms with Gasteiger partial charge in [-0.3, -0.25) is 9.69 Å². The molecule has 0 radical (unpaired) electrons. The number of aromatic nitrogens is 2. The van der Waals surface area contributed by atoms with Crippen LogP contribution in [-0.2, 0) is 13.1 Å². The Labute approximate surface area is 197 Å². The molecular formula is C27H23N5O2. The number of hydrogen-bond acceptors (Lipinski definition) is 5. The molecule has 1 fully saturated rings. The normalized spacial score (nSPS) is 16.2. The zero-order chi connectivity index (χ0) is 23.1. The van der Waals surface area contributed by atoms with Crippen molar-refractivity contribution in [2.75, 3.05) is 26.2 Å². The lowest BCUT2D eigenvalue weighted by Gasteiger charge is -2.35. The first-order valence-corrected chi connectivity index (χ1v) is 11.4. The number of ether oxygens (including phenoxy) is 1. The van der Waals surface area contributed by atoms with Crippen molar-refractivity contribution in [3.63, 3.8) is 0 Å². The van der Waals surface area contributed by atoms with Gasteiger partial charge in [0.25, 0.3) is 5.91 Å². The molecule has 3 aliphatic rings. The quantitative estimate of drug-likeness (QED) is 0.405. The SMILES string of the molecule is N#Cc1ccc2cc1Oc1ccc3cccc(c3c1)C(=O)N1CCN(CC1)Cc1cncn1C2. The summed E-state index contributed by atoms with van der Waals surface area (Å²) in [6.45, 7) is 4.42. The predicted molar refractivity (Wildman–Crippen MR) is 128 cm³/mol. The Kier molecular flexibility index (Phi) is 5.01. The summed E-state index contributed by atoms with van der Waals surface area (Å²) in [5.74, 6) is 1.14. The molecule has 1 amide bonds.